The van der Waals surface area contributed by atoms with Gasteiger partial charge in [-0.2, -0.15) is 8.42 Å². The summed E-state index contributed by atoms with van der Waals surface area (Å²) in [5.74, 6) is -1.02. The van der Waals surface area contributed by atoms with E-state index in [1.807, 2.05) is 0 Å². The molecule has 3 N–H and O–H groups in total. The molecule has 0 spiro atoms. The quantitative estimate of drug-likeness (QED) is 0.0399. The van der Waals surface area contributed by atoms with Crippen LogP contribution >= 0.6 is 0 Å². The SMILES string of the molecule is CCCC/C=C/CC/C=C/CC/C=C/C(O)C(CS(=O)(=O)O)NC(=O)CCCCCCCCC/C=C\CCCCCCCC. The summed E-state index contributed by atoms with van der Waals surface area (Å²) in [6.07, 6.45) is 40.9. The summed E-state index contributed by atoms with van der Waals surface area (Å²) in [7, 11) is -4.35. The van der Waals surface area contributed by atoms with Crippen LogP contribution in [0, 0.1) is 0 Å². The molecule has 0 aliphatic carbocycles. The monoisotopic (exact) mass is 637 g/mol. The molecule has 2 unspecified atom stereocenters. The normalized spacial score (nSPS) is 14.0. The van der Waals surface area contributed by atoms with E-state index in [1.54, 1.807) is 6.08 Å². The number of rotatable bonds is 31. The van der Waals surface area contributed by atoms with E-state index >= 15 is 0 Å². The number of unbranched alkanes of at least 4 members (excludes halogenated alkanes) is 17. The number of nitrogens with one attached hydrogen (secondary N) is 1. The number of carbonyl (C=O) groups excluding carboxylic acids is 1. The molecule has 0 heterocycles. The van der Waals surface area contributed by atoms with Gasteiger partial charge in [0.15, 0.2) is 0 Å². The minimum Gasteiger partial charge on any atom is -0.387 e. The summed E-state index contributed by atoms with van der Waals surface area (Å²) in [6, 6.07) is -1.08. The van der Waals surface area contributed by atoms with Crippen molar-refractivity contribution in [2.45, 2.75) is 174 Å². The van der Waals surface area contributed by atoms with E-state index in [9.17, 15) is 22.9 Å². The highest BCUT2D eigenvalue weighted by Crippen LogP contribution is 2.12. The first kappa shape index (κ1) is 42.3. The van der Waals surface area contributed by atoms with E-state index < -0.39 is 28.0 Å². The van der Waals surface area contributed by atoms with Crippen molar-refractivity contribution in [3.05, 3.63) is 48.6 Å². The van der Waals surface area contributed by atoms with Gasteiger partial charge in [0.25, 0.3) is 10.1 Å². The average Bonchev–Trinajstić information content (AvgIpc) is 2.98. The van der Waals surface area contributed by atoms with Crippen LogP contribution in [0.4, 0.5) is 0 Å². The predicted molar refractivity (Wildman–Crippen MR) is 188 cm³/mol. The first-order chi connectivity index (χ1) is 21.3. The van der Waals surface area contributed by atoms with Gasteiger partial charge in [0.05, 0.1) is 17.9 Å². The topological polar surface area (TPSA) is 104 Å². The molecule has 0 aliphatic rings. The predicted octanol–water partition coefficient (Wildman–Crippen LogP) is 9.96. The summed E-state index contributed by atoms with van der Waals surface area (Å²) < 4.78 is 32.3. The van der Waals surface area contributed by atoms with E-state index in [4.69, 9.17) is 0 Å². The van der Waals surface area contributed by atoms with E-state index in [1.165, 1.54) is 83.1 Å². The zero-order chi connectivity index (χ0) is 32.6. The van der Waals surface area contributed by atoms with Crippen LogP contribution in [0.5, 0.6) is 0 Å². The van der Waals surface area contributed by atoms with Crippen LogP contribution in [0.15, 0.2) is 48.6 Å². The maximum Gasteiger partial charge on any atom is 0.267 e. The minimum absolute atomic E-state index is 0.278. The maximum atomic E-state index is 12.4. The third-order valence-corrected chi connectivity index (χ3v) is 8.49. The van der Waals surface area contributed by atoms with Gasteiger partial charge in [0.2, 0.25) is 5.91 Å². The zero-order valence-corrected chi connectivity index (χ0v) is 29.1. The molecule has 0 aromatic rings. The molecule has 0 aromatic carbocycles. The lowest BCUT2D eigenvalue weighted by Gasteiger charge is -2.21. The third kappa shape index (κ3) is 31.7. The van der Waals surface area contributed by atoms with Gasteiger partial charge in [0.1, 0.15) is 0 Å². The Balaban J connectivity index is 4.05. The number of allylic oxidation sites excluding steroid dienone is 7. The fourth-order valence-electron chi connectivity index (χ4n) is 4.99. The Morgan fingerprint density at radius 3 is 1.50 bits per heavy atom. The van der Waals surface area contributed by atoms with Crippen LogP contribution in [0.3, 0.4) is 0 Å². The van der Waals surface area contributed by atoms with E-state index in [2.05, 4.69) is 55.6 Å². The molecule has 0 radical (unpaired) electrons. The second-order valence-corrected chi connectivity index (χ2v) is 13.6. The average molecular weight is 638 g/mol. The van der Waals surface area contributed by atoms with Gasteiger partial charge in [-0.1, -0.05) is 140 Å². The second-order valence-electron chi connectivity index (χ2n) is 12.1. The molecule has 0 aromatic heterocycles. The van der Waals surface area contributed by atoms with Crippen LogP contribution in [0.25, 0.3) is 0 Å². The van der Waals surface area contributed by atoms with Crippen molar-refractivity contribution in [1.29, 1.82) is 0 Å². The molecule has 44 heavy (non-hydrogen) atoms. The number of hydrogen-bond acceptors (Lipinski definition) is 4. The van der Waals surface area contributed by atoms with Crippen LogP contribution < -0.4 is 5.32 Å². The molecule has 0 aliphatic heterocycles. The summed E-state index contributed by atoms with van der Waals surface area (Å²) in [5, 5.41) is 13.1. The lowest BCUT2D eigenvalue weighted by Crippen LogP contribution is -2.46. The zero-order valence-electron chi connectivity index (χ0n) is 28.3. The van der Waals surface area contributed by atoms with Crippen molar-refractivity contribution in [2.75, 3.05) is 5.75 Å². The van der Waals surface area contributed by atoms with Gasteiger partial charge < -0.3 is 10.4 Å². The largest absolute Gasteiger partial charge is 0.387 e. The van der Waals surface area contributed by atoms with Crippen molar-refractivity contribution in [3.8, 4) is 0 Å². The van der Waals surface area contributed by atoms with Crippen molar-refractivity contribution in [2.24, 2.45) is 0 Å². The Hall–Kier alpha value is -1.70. The van der Waals surface area contributed by atoms with Gasteiger partial charge >= 0.3 is 0 Å². The first-order valence-corrected chi connectivity index (χ1v) is 19.4. The highest BCUT2D eigenvalue weighted by Gasteiger charge is 2.24. The molecule has 0 saturated carbocycles. The first-order valence-electron chi connectivity index (χ1n) is 17.8. The van der Waals surface area contributed by atoms with Gasteiger partial charge in [-0.15, -0.1) is 0 Å². The fraction of sp³-hybridized carbons (Fsp3) is 0.757. The second kappa shape index (κ2) is 31.3. The lowest BCUT2D eigenvalue weighted by molar-refractivity contribution is -0.122. The molecule has 0 bridgehead atoms. The third-order valence-electron chi connectivity index (χ3n) is 7.71. The Morgan fingerprint density at radius 1 is 0.591 bits per heavy atom. The Morgan fingerprint density at radius 2 is 1.00 bits per heavy atom. The molecule has 1 amide bonds. The summed E-state index contributed by atoms with van der Waals surface area (Å²) in [6.45, 7) is 4.45. The van der Waals surface area contributed by atoms with Crippen molar-refractivity contribution >= 4 is 16.0 Å². The van der Waals surface area contributed by atoms with Crippen molar-refractivity contribution in [3.63, 3.8) is 0 Å². The molecule has 2 atom stereocenters. The Labute approximate surface area is 271 Å². The molecule has 0 rings (SSSR count). The number of carbonyl (C=O) groups is 1. The van der Waals surface area contributed by atoms with Crippen LogP contribution in [0.2, 0.25) is 0 Å². The molecule has 0 saturated heterocycles. The Kier molecular flexibility index (Phi) is 30.1. The maximum absolute atomic E-state index is 12.4. The Bertz CT molecular complexity index is 878. The van der Waals surface area contributed by atoms with Crippen LogP contribution in [-0.2, 0) is 14.9 Å². The van der Waals surface area contributed by atoms with E-state index in [0.29, 0.717) is 6.42 Å². The summed E-state index contributed by atoms with van der Waals surface area (Å²) in [4.78, 5) is 12.4. The lowest BCUT2D eigenvalue weighted by atomic mass is 10.1. The highest BCUT2D eigenvalue weighted by molar-refractivity contribution is 7.85. The smallest absolute Gasteiger partial charge is 0.267 e. The van der Waals surface area contributed by atoms with Gasteiger partial charge in [-0.05, 0) is 64.2 Å². The van der Waals surface area contributed by atoms with Gasteiger partial charge in [-0.25, -0.2) is 0 Å². The summed E-state index contributed by atoms with van der Waals surface area (Å²) >= 11 is 0. The summed E-state index contributed by atoms with van der Waals surface area (Å²) in [5.41, 5.74) is 0. The molecular weight excluding hydrogens is 570 g/mol. The van der Waals surface area contributed by atoms with Crippen molar-refractivity contribution in [1.82, 2.24) is 5.32 Å². The fourth-order valence-corrected chi connectivity index (χ4v) is 5.72. The van der Waals surface area contributed by atoms with Crippen LogP contribution in [0.1, 0.15) is 162 Å². The molecule has 6 nitrogen and oxygen atoms in total. The van der Waals surface area contributed by atoms with Gasteiger partial charge in [-0.3, -0.25) is 9.35 Å². The highest BCUT2D eigenvalue weighted by atomic mass is 32.2. The number of aliphatic hydroxyl groups is 1. The van der Waals surface area contributed by atoms with Crippen LogP contribution in [-0.4, -0.2) is 41.9 Å². The molecule has 7 heteroatoms. The number of hydrogen-bond donors (Lipinski definition) is 3. The van der Waals surface area contributed by atoms with E-state index in [0.717, 1.165) is 57.8 Å². The minimum atomic E-state index is -4.35. The van der Waals surface area contributed by atoms with Crippen molar-refractivity contribution < 1.29 is 22.9 Å². The molecule has 256 valence electrons. The van der Waals surface area contributed by atoms with E-state index in [-0.39, 0.29) is 12.3 Å². The van der Waals surface area contributed by atoms with Gasteiger partial charge in [0, 0.05) is 6.42 Å². The standard InChI is InChI=1S/C37H67NO5S/c1-3-5-7-9-11-13-15-17-18-19-20-21-23-25-27-29-31-33-37(40)38-35(34-44(41,42)43)36(39)32-30-28-26-24-22-16-14-12-10-8-6-4-2/h10,12,17-18,22,24,30,32,35-36,39H,3-9,11,13-16,19-21,23,25-29,31,33-34H2,1-2H3,(H,38,40)(H,41,42,43)/b12-10+,18-17-,24-22+,32-30+. The molecular formula is C37H67NO5S. The molecule has 0 fully saturated rings. The number of aliphatic hydroxyl groups excluding tert-OH is 1. The number of amides is 1.